The van der Waals surface area contributed by atoms with E-state index in [0.29, 0.717) is 22.6 Å². The van der Waals surface area contributed by atoms with Crippen LogP contribution in [-0.4, -0.2) is 72.0 Å². The van der Waals surface area contributed by atoms with Crippen molar-refractivity contribution in [3.05, 3.63) is 24.3 Å². The Hall–Kier alpha value is -2.86. The summed E-state index contributed by atoms with van der Waals surface area (Å²) in [6.45, 7) is 0.689. The van der Waals surface area contributed by atoms with Crippen molar-refractivity contribution in [1.29, 1.82) is 0 Å². The molecule has 1 aliphatic heterocycles. The number of thioether (sulfide) groups is 1. The topological polar surface area (TPSA) is 123 Å². The number of rotatable bonds is 8. The number of aromatic nitrogens is 2. The molecular weight excluding hydrogens is 430 g/mol. The van der Waals surface area contributed by atoms with Crippen LogP contribution in [0.2, 0.25) is 0 Å². The number of carbonyl (C=O) groups excluding carboxylic acids is 3. The van der Waals surface area contributed by atoms with Crippen LogP contribution in [0.3, 0.4) is 0 Å². The molecule has 1 aliphatic rings. The van der Waals surface area contributed by atoms with Crippen LogP contribution in [-0.2, 0) is 19.1 Å². The molecule has 10 nitrogen and oxygen atoms in total. The van der Waals surface area contributed by atoms with E-state index in [-0.39, 0.29) is 24.0 Å². The van der Waals surface area contributed by atoms with Gasteiger partial charge >= 0.3 is 5.97 Å². The lowest BCUT2D eigenvalue weighted by Gasteiger charge is -2.34. The molecule has 2 aromatic rings. The van der Waals surface area contributed by atoms with Gasteiger partial charge in [0.25, 0.3) is 0 Å². The Morgan fingerprint density at radius 1 is 1.30 bits per heavy atom. The maximum atomic E-state index is 12.7. The number of hydrogen-bond donors (Lipinski definition) is 2. The van der Waals surface area contributed by atoms with Gasteiger partial charge < -0.3 is 25.0 Å². The molecule has 1 unspecified atom stereocenters. The van der Waals surface area contributed by atoms with Crippen molar-refractivity contribution in [1.82, 2.24) is 20.4 Å². The Morgan fingerprint density at radius 2 is 2.07 bits per heavy atom. The van der Waals surface area contributed by atoms with Gasteiger partial charge in [-0.3, -0.25) is 14.4 Å². The first-order chi connectivity index (χ1) is 14.5. The van der Waals surface area contributed by atoms with E-state index in [4.69, 9.17) is 4.74 Å². The van der Waals surface area contributed by atoms with Crippen molar-refractivity contribution in [2.24, 2.45) is 0 Å². The molecular formula is C18H21N5O5S2. The second-order valence-corrected chi connectivity index (χ2v) is 8.39. The molecule has 2 heterocycles. The van der Waals surface area contributed by atoms with E-state index in [9.17, 15) is 14.4 Å². The van der Waals surface area contributed by atoms with Gasteiger partial charge in [0.15, 0.2) is 4.34 Å². The normalized spacial score (nSPS) is 16.0. The molecule has 0 aliphatic carbocycles. The Morgan fingerprint density at radius 3 is 2.77 bits per heavy atom. The zero-order valence-corrected chi connectivity index (χ0v) is 18.0. The molecule has 1 aromatic heterocycles. The fourth-order valence-corrected chi connectivity index (χ4v) is 4.44. The minimum Gasteiger partial charge on any atom is -0.497 e. The highest BCUT2D eigenvalue weighted by molar-refractivity contribution is 8.01. The number of amides is 2. The number of anilines is 2. The molecule has 0 saturated carbocycles. The molecule has 1 saturated heterocycles. The van der Waals surface area contributed by atoms with Crippen LogP contribution in [0.25, 0.3) is 0 Å². The molecule has 3 rings (SSSR count). The predicted molar refractivity (Wildman–Crippen MR) is 112 cm³/mol. The number of piperazine rings is 1. The number of ether oxygens (including phenoxy) is 2. The van der Waals surface area contributed by atoms with Crippen molar-refractivity contribution in [2.45, 2.75) is 16.8 Å². The Balaban J connectivity index is 1.56. The van der Waals surface area contributed by atoms with Gasteiger partial charge in [0.2, 0.25) is 16.9 Å². The van der Waals surface area contributed by atoms with E-state index in [2.05, 4.69) is 25.6 Å². The van der Waals surface area contributed by atoms with Crippen LogP contribution in [0.15, 0.2) is 28.6 Å². The number of hydrogen-bond acceptors (Lipinski definition) is 10. The van der Waals surface area contributed by atoms with Crippen molar-refractivity contribution >= 4 is 51.7 Å². The molecule has 1 aromatic carbocycles. The van der Waals surface area contributed by atoms with Crippen molar-refractivity contribution in [3.63, 3.8) is 0 Å². The average Bonchev–Trinajstić information content (AvgIpc) is 3.21. The lowest BCUT2D eigenvalue weighted by molar-refractivity contribution is -0.149. The Labute approximate surface area is 181 Å². The van der Waals surface area contributed by atoms with Crippen LogP contribution in [0.5, 0.6) is 5.75 Å². The first-order valence-electron chi connectivity index (χ1n) is 9.01. The number of nitrogens with one attached hydrogen (secondary N) is 2. The highest BCUT2D eigenvalue weighted by atomic mass is 32.2. The Kier molecular flexibility index (Phi) is 7.46. The zero-order chi connectivity index (χ0) is 21.5. The molecule has 1 atom stereocenters. The monoisotopic (exact) mass is 451 g/mol. The quantitative estimate of drug-likeness (QED) is 0.451. The second kappa shape index (κ2) is 10.3. The average molecular weight is 452 g/mol. The molecule has 2 N–H and O–H groups in total. The van der Waals surface area contributed by atoms with Gasteiger partial charge in [0, 0.05) is 18.8 Å². The van der Waals surface area contributed by atoms with Gasteiger partial charge in [-0.1, -0.05) is 23.1 Å². The van der Waals surface area contributed by atoms with Gasteiger partial charge in [0.1, 0.15) is 11.8 Å². The standard InChI is InChI=1S/C18H21N5O5S2/c1-27-12-5-3-11(4-6-12)20-17-21-22-18(30-17)29-10-14(24)23-8-7-19-16(26)13(23)9-15(25)28-2/h3-6,13H,7-10H2,1-2H3,(H,19,26)(H,20,21). The Bertz CT molecular complexity index is 905. The third-order valence-corrected chi connectivity index (χ3v) is 6.26. The van der Waals surface area contributed by atoms with Gasteiger partial charge in [-0.15, -0.1) is 10.2 Å². The number of benzene rings is 1. The summed E-state index contributed by atoms with van der Waals surface area (Å²) in [7, 11) is 2.85. The first-order valence-corrected chi connectivity index (χ1v) is 10.8. The van der Waals surface area contributed by atoms with Gasteiger partial charge in [-0.05, 0) is 24.3 Å². The van der Waals surface area contributed by atoms with E-state index in [1.54, 1.807) is 7.11 Å². The maximum absolute atomic E-state index is 12.7. The van der Waals surface area contributed by atoms with Crippen LogP contribution >= 0.6 is 23.1 Å². The smallest absolute Gasteiger partial charge is 0.308 e. The fraction of sp³-hybridized carbons (Fsp3) is 0.389. The van der Waals surface area contributed by atoms with E-state index in [1.807, 2.05) is 24.3 Å². The second-order valence-electron chi connectivity index (χ2n) is 6.19. The zero-order valence-electron chi connectivity index (χ0n) is 16.4. The van der Waals surface area contributed by atoms with Crippen molar-refractivity contribution < 1.29 is 23.9 Å². The van der Waals surface area contributed by atoms with Crippen LogP contribution in [0, 0.1) is 0 Å². The van der Waals surface area contributed by atoms with Crippen LogP contribution < -0.4 is 15.4 Å². The summed E-state index contributed by atoms with van der Waals surface area (Å²) in [6.07, 6.45) is -0.173. The van der Waals surface area contributed by atoms with Gasteiger partial charge in [-0.25, -0.2) is 0 Å². The van der Waals surface area contributed by atoms with Crippen LogP contribution in [0.1, 0.15) is 6.42 Å². The number of esters is 1. The molecule has 0 radical (unpaired) electrons. The lowest BCUT2D eigenvalue weighted by Crippen LogP contribution is -2.58. The minimum absolute atomic E-state index is 0.0854. The van der Waals surface area contributed by atoms with Gasteiger partial charge in [0.05, 0.1) is 26.4 Å². The lowest BCUT2D eigenvalue weighted by atomic mass is 10.1. The summed E-state index contributed by atoms with van der Waals surface area (Å²) in [5.74, 6) is -0.303. The summed E-state index contributed by atoms with van der Waals surface area (Å²) >= 11 is 2.55. The molecule has 12 heteroatoms. The third kappa shape index (κ3) is 5.60. The number of carbonyl (C=O) groups is 3. The summed E-state index contributed by atoms with van der Waals surface area (Å²) in [5, 5.41) is 14.6. The van der Waals surface area contributed by atoms with E-state index < -0.39 is 12.0 Å². The minimum atomic E-state index is -0.860. The molecule has 1 fully saturated rings. The largest absolute Gasteiger partial charge is 0.497 e. The summed E-state index contributed by atoms with van der Waals surface area (Å²) in [5.41, 5.74) is 0.838. The molecule has 30 heavy (non-hydrogen) atoms. The highest BCUT2D eigenvalue weighted by Crippen LogP contribution is 2.28. The van der Waals surface area contributed by atoms with E-state index in [1.165, 1.54) is 35.1 Å². The SMILES string of the molecule is COC(=O)CC1C(=O)NCCN1C(=O)CSc1nnc(Nc2ccc(OC)cc2)s1. The highest BCUT2D eigenvalue weighted by Gasteiger charge is 2.34. The predicted octanol–water partition coefficient (Wildman–Crippen LogP) is 1.27. The molecule has 2 amide bonds. The van der Waals surface area contributed by atoms with Crippen molar-refractivity contribution in [2.75, 3.05) is 38.4 Å². The van der Waals surface area contributed by atoms with E-state index >= 15 is 0 Å². The number of methoxy groups -OCH3 is 2. The van der Waals surface area contributed by atoms with Crippen LogP contribution in [0.4, 0.5) is 10.8 Å². The maximum Gasteiger partial charge on any atom is 0.308 e. The summed E-state index contributed by atoms with van der Waals surface area (Å²) in [4.78, 5) is 37.8. The first kappa shape index (κ1) is 21.8. The third-order valence-electron chi connectivity index (χ3n) is 4.31. The summed E-state index contributed by atoms with van der Waals surface area (Å²) < 4.78 is 10.4. The summed E-state index contributed by atoms with van der Waals surface area (Å²) in [6, 6.07) is 6.52. The molecule has 0 bridgehead atoms. The fourth-order valence-electron chi connectivity index (χ4n) is 2.78. The molecule has 0 spiro atoms. The van der Waals surface area contributed by atoms with Gasteiger partial charge in [-0.2, -0.15) is 0 Å². The van der Waals surface area contributed by atoms with E-state index in [0.717, 1.165) is 11.4 Å². The number of nitrogens with zero attached hydrogens (tertiary/aromatic N) is 3. The van der Waals surface area contributed by atoms with Crippen molar-refractivity contribution in [3.8, 4) is 5.75 Å². The molecule has 160 valence electrons.